The quantitative estimate of drug-likeness (QED) is 0.749. The minimum Gasteiger partial charge on any atom is -0.353 e. The van der Waals surface area contributed by atoms with Crippen LogP contribution in [-0.2, 0) is 4.79 Å². The van der Waals surface area contributed by atoms with Crippen LogP contribution in [0.1, 0.15) is 58.8 Å². The van der Waals surface area contributed by atoms with Crippen LogP contribution in [0.5, 0.6) is 0 Å². The number of carbonyl (C=O) groups is 1. The number of hydrogen-bond donors (Lipinski definition) is 2. The highest BCUT2D eigenvalue weighted by Gasteiger charge is 2.24. The van der Waals surface area contributed by atoms with Gasteiger partial charge in [-0.15, -0.1) is 0 Å². The third kappa shape index (κ3) is 5.07. The Morgan fingerprint density at radius 3 is 2.47 bits per heavy atom. The number of hydrogen-bond acceptors (Lipinski definition) is 2. The van der Waals surface area contributed by atoms with Crippen LogP contribution in [0.15, 0.2) is 0 Å². The van der Waals surface area contributed by atoms with Gasteiger partial charge in [0.05, 0.1) is 0 Å². The molecule has 1 saturated carbocycles. The van der Waals surface area contributed by atoms with E-state index in [4.69, 9.17) is 5.73 Å². The molecule has 1 unspecified atom stereocenters. The first-order valence-corrected chi connectivity index (χ1v) is 7.15. The van der Waals surface area contributed by atoms with Gasteiger partial charge < -0.3 is 11.1 Å². The van der Waals surface area contributed by atoms with Gasteiger partial charge in [0, 0.05) is 12.0 Å². The molecular formula is C14H28N2O. The number of nitrogens with one attached hydrogen (secondary N) is 1. The molecule has 0 spiro atoms. The Morgan fingerprint density at radius 2 is 1.94 bits per heavy atom. The van der Waals surface area contributed by atoms with Gasteiger partial charge in [0.2, 0.25) is 5.91 Å². The second-order valence-corrected chi connectivity index (χ2v) is 5.62. The van der Waals surface area contributed by atoms with E-state index in [-0.39, 0.29) is 11.8 Å². The van der Waals surface area contributed by atoms with Crippen molar-refractivity contribution in [2.45, 2.75) is 64.8 Å². The monoisotopic (exact) mass is 240 g/mol. The summed E-state index contributed by atoms with van der Waals surface area (Å²) in [5, 5.41) is 3.23. The van der Waals surface area contributed by atoms with E-state index in [1.165, 1.54) is 19.3 Å². The largest absolute Gasteiger partial charge is 0.353 e. The molecule has 1 aliphatic rings. The van der Waals surface area contributed by atoms with Gasteiger partial charge in [-0.3, -0.25) is 4.79 Å². The zero-order chi connectivity index (χ0) is 12.7. The van der Waals surface area contributed by atoms with Crippen LogP contribution in [0.3, 0.4) is 0 Å². The van der Waals surface area contributed by atoms with E-state index < -0.39 is 0 Å². The highest BCUT2D eigenvalue weighted by atomic mass is 16.1. The number of nitrogens with two attached hydrogens (primary N) is 1. The number of carbonyl (C=O) groups excluding carboxylic acids is 1. The number of amides is 1. The van der Waals surface area contributed by atoms with Crippen molar-refractivity contribution in [2.24, 2.45) is 17.6 Å². The normalized spacial score (nSPS) is 19.3. The molecule has 100 valence electrons. The average molecular weight is 240 g/mol. The van der Waals surface area contributed by atoms with E-state index in [9.17, 15) is 4.79 Å². The standard InChI is InChI=1S/C14H28N2O/c1-11(2)13(9-6-10-15)14(17)16-12-7-4-3-5-8-12/h11-13H,3-10,15H2,1-2H3,(H,16,17). The Bertz CT molecular complexity index is 222. The lowest BCUT2D eigenvalue weighted by Crippen LogP contribution is -2.41. The molecule has 0 radical (unpaired) electrons. The van der Waals surface area contributed by atoms with Gasteiger partial charge in [-0.2, -0.15) is 0 Å². The van der Waals surface area contributed by atoms with Crippen LogP contribution in [0, 0.1) is 11.8 Å². The summed E-state index contributed by atoms with van der Waals surface area (Å²) >= 11 is 0. The fourth-order valence-corrected chi connectivity index (χ4v) is 2.66. The van der Waals surface area contributed by atoms with Crippen LogP contribution in [-0.4, -0.2) is 18.5 Å². The van der Waals surface area contributed by atoms with Crippen molar-refractivity contribution >= 4 is 5.91 Å². The van der Waals surface area contributed by atoms with E-state index in [1.54, 1.807) is 0 Å². The molecule has 1 fully saturated rings. The third-order valence-electron chi connectivity index (χ3n) is 3.81. The Kier molecular flexibility index (Phi) is 6.56. The van der Waals surface area contributed by atoms with Crippen molar-refractivity contribution in [1.82, 2.24) is 5.32 Å². The molecule has 1 atom stereocenters. The second kappa shape index (κ2) is 7.70. The molecule has 3 heteroatoms. The summed E-state index contributed by atoms with van der Waals surface area (Å²) < 4.78 is 0. The van der Waals surface area contributed by atoms with E-state index in [0.717, 1.165) is 25.7 Å². The Hall–Kier alpha value is -0.570. The van der Waals surface area contributed by atoms with Crippen molar-refractivity contribution in [3.63, 3.8) is 0 Å². The zero-order valence-corrected chi connectivity index (χ0v) is 11.4. The maximum atomic E-state index is 12.2. The highest BCUT2D eigenvalue weighted by molar-refractivity contribution is 5.79. The van der Waals surface area contributed by atoms with Crippen LogP contribution in [0.2, 0.25) is 0 Å². The fraction of sp³-hybridized carbons (Fsp3) is 0.929. The van der Waals surface area contributed by atoms with Crippen molar-refractivity contribution in [3.05, 3.63) is 0 Å². The van der Waals surface area contributed by atoms with Gasteiger partial charge in [-0.05, 0) is 38.1 Å². The van der Waals surface area contributed by atoms with Crippen LogP contribution >= 0.6 is 0 Å². The summed E-state index contributed by atoms with van der Waals surface area (Å²) in [6.07, 6.45) is 8.04. The zero-order valence-electron chi connectivity index (χ0n) is 11.4. The van der Waals surface area contributed by atoms with Gasteiger partial charge >= 0.3 is 0 Å². The molecule has 1 aliphatic carbocycles. The first-order chi connectivity index (χ1) is 8.15. The van der Waals surface area contributed by atoms with Crippen molar-refractivity contribution in [2.75, 3.05) is 6.54 Å². The summed E-state index contributed by atoms with van der Waals surface area (Å²) in [6.45, 7) is 4.93. The van der Waals surface area contributed by atoms with Crippen LogP contribution < -0.4 is 11.1 Å². The van der Waals surface area contributed by atoms with Crippen LogP contribution in [0.25, 0.3) is 0 Å². The number of rotatable bonds is 6. The summed E-state index contributed by atoms with van der Waals surface area (Å²) in [5.41, 5.74) is 5.53. The van der Waals surface area contributed by atoms with Crippen molar-refractivity contribution in [1.29, 1.82) is 0 Å². The summed E-state index contributed by atoms with van der Waals surface area (Å²) in [5.74, 6) is 0.797. The predicted octanol–water partition coefficient (Wildman–Crippen LogP) is 2.45. The lowest BCUT2D eigenvalue weighted by Gasteiger charge is -2.27. The molecule has 17 heavy (non-hydrogen) atoms. The molecule has 0 heterocycles. The molecule has 0 aromatic carbocycles. The Labute approximate surface area is 106 Å². The predicted molar refractivity (Wildman–Crippen MR) is 71.6 cm³/mol. The lowest BCUT2D eigenvalue weighted by atomic mass is 9.89. The van der Waals surface area contributed by atoms with Gasteiger partial charge in [-0.25, -0.2) is 0 Å². The van der Waals surface area contributed by atoms with Crippen molar-refractivity contribution in [3.8, 4) is 0 Å². The molecule has 1 amide bonds. The van der Waals surface area contributed by atoms with E-state index >= 15 is 0 Å². The molecule has 0 aliphatic heterocycles. The summed E-state index contributed by atoms with van der Waals surface area (Å²) in [6, 6.07) is 0.426. The van der Waals surface area contributed by atoms with E-state index in [2.05, 4.69) is 19.2 Å². The maximum absolute atomic E-state index is 12.2. The second-order valence-electron chi connectivity index (χ2n) is 5.62. The minimum absolute atomic E-state index is 0.139. The molecule has 0 aromatic rings. The third-order valence-corrected chi connectivity index (χ3v) is 3.81. The van der Waals surface area contributed by atoms with Gasteiger partial charge in [0.15, 0.2) is 0 Å². The van der Waals surface area contributed by atoms with Gasteiger partial charge in [0.1, 0.15) is 0 Å². The molecule has 0 saturated heterocycles. The van der Waals surface area contributed by atoms with E-state index in [1.807, 2.05) is 0 Å². The molecular weight excluding hydrogens is 212 g/mol. The Morgan fingerprint density at radius 1 is 1.29 bits per heavy atom. The first-order valence-electron chi connectivity index (χ1n) is 7.15. The van der Waals surface area contributed by atoms with E-state index in [0.29, 0.717) is 18.5 Å². The molecule has 1 rings (SSSR count). The van der Waals surface area contributed by atoms with Crippen LogP contribution in [0.4, 0.5) is 0 Å². The summed E-state index contributed by atoms with van der Waals surface area (Å²) in [4.78, 5) is 12.2. The first kappa shape index (κ1) is 14.5. The smallest absolute Gasteiger partial charge is 0.223 e. The van der Waals surface area contributed by atoms with Crippen molar-refractivity contribution < 1.29 is 4.79 Å². The van der Waals surface area contributed by atoms with Gasteiger partial charge in [-0.1, -0.05) is 33.1 Å². The van der Waals surface area contributed by atoms with Gasteiger partial charge in [0.25, 0.3) is 0 Å². The minimum atomic E-state index is 0.139. The SMILES string of the molecule is CC(C)C(CCCN)C(=O)NC1CCCCC1. The molecule has 0 aromatic heterocycles. The summed E-state index contributed by atoms with van der Waals surface area (Å²) in [7, 11) is 0. The molecule has 0 bridgehead atoms. The lowest BCUT2D eigenvalue weighted by molar-refractivity contribution is -0.127. The molecule has 3 N–H and O–H groups in total. The fourth-order valence-electron chi connectivity index (χ4n) is 2.66. The average Bonchev–Trinajstić information content (AvgIpc) is 2.30. The maximum Gasteiger partial charge on any atom is 0.223 e. The Balaban J connectivity index is 2.40. The highest BCUT2D eigenvalue weighted by Crippen LogP contribution is 2.21. The molecule has 3 nitrogen and oxygen atoms in total. The topological polar surface area (TPSA) is 55.1 Å².